The number of hydrogen-bond donors (Lipinski definition) is 2. The molecule has 4 heteroatoms. The Hall–Kier alpha value is -0.390. The predicted octanol–water partition coefficient (Wildman–Crippen LogP) is 1.09. The molecule has 0 aromatic carbocycles. The molecule has 3 nitrogen and oxygen atoms in total. The molecule has 0 saturated carbocycles. The van der Waals surface area contributed by atoms with Gasteiger partial charge in [0.05, 0.1) is 9.28 Å². The van der Waals surface area contributed by atoms with Gasteiger partial charge in [0.1, 0.15) is 0 Å². The van der Waals surface area contributed by atoms with Crippen LogP contribution in [0.15, 0.2) is 9.28 Å². The van der Waals surface area contributed by atoms with Crippen LogP contribution in [-0.4, -0.2) is 19.0 Å². The molecule has 0 heterocycles. The second-order valence-electron chi connectivity index (χ2n) is 1.56. The minimum atomic E-state index is 0.391. The third kappa shape index (κ3) is 2.95. The number of aldehydes is 1. The van der Waals surface area contributed by atoms with Crippen molar-refractivity contribution in [3.63, 3.8) is 0 Å². The summed E-state index contributed by atoms with van der Waals surface area (Å²) in [4.78, 5) is 10.2. The van der Waals surface area contributed by atoms with Crippen LogP contribution in [0, 0.1) is 5.41 Å². The van der Waals surface area contributed by atoms with E-state index >= 15 is 0 Å². The molecule has 0 aliphatic heterocycles. The lowest BCUT2D eigenvalue weighted by atomic mass is 10.3. The molecule has 0 atom stereocenters. The molecule has 0 amide bonds. The first-order chi connectivity index (χ1) is 4.76. The zero-order valence-corrected chi connectivity index (χ0v) is 7.81. The summed E-state index contributed by atoms with van der Waals surface area (Å²) in [5.41, 5.74) is 0.391. The summed E-state index contributed by atoms with van der Waals surface area (Å²) in [5.74, 6) is 0. The highest BCUT2D eigenvalue weighted by Gasteiger charge is 1.96. The molecule has 0 unspecified atom stereocenters. The van der Waals surface area contributed by atoms with Crippen molar-refractivity contribution in [2.45, 2.75) is 6.92 Å². The zero-order valence-electron chi connectivity index (χ0n) is 5.65. The van der Waals surface area contributed by atoms with Crippen LogP contribution in [0.4, 0.5) is 0 Å². The number of halogens is 1. The first-order valence-corrected chi connectivity index (χ1v) is 3.93. The summed E-state index contributed by atoms with van der Waals surface area (Å²) in [6.45, 7) is 2.70. The molecule has 0 fully saturated rings. The Morgan fingerprint density at radius 3 is 2.70 bits per heavy atom. The van der Waals surface area contributed by atoms with Gasteiger partial charge in [0.2, 0.25) is 0 Å². The van der Waals surface area contributed by atoms with Crippen molar-refractivity contribution in [3.05, 3.63) is 9.28 Å². The third-order valence-corrected chi connectivity index (χ3v) is 1.87. The van der Waals surface area contributed by atoms with Crippen LogP contribution in [0.25, 0.3) is 0 Å². The lowest BCUT2D eigenvalue weighted by molar-refractivity contribution is -0.104. The van der Waals surface area contributed by atoms with Gasteiger partial charge in [0.15, 0.2) is 6.29 Å². The Kier molecular flexibility index (Phi) is 5.19. The van der Waals surface area contributed by atoms with Gasteiger partial charge in [-0.1, -0.05) is 0 Å². The number of rotatable bonds is 4. The minimum absolute atomic E-state index is 0.391. The van der Waals surface area contributed by atoms with Crippen molar-refractivity contribution in [2.75, 3.05) is 6.54 Å². The fourth-order valence-electron chi connectivity index (χ4n) is 0.406. The maximum absolute atomic E-state index is 10.2. The van der Waals surface area contributed by atoms with Gasteiger partial charge in [0, 0.05) is 12.8 Å². The SMILES string of the molecule is CCN/C(I)=C(\C=N)C=O. The van der Waals surface area contributed by atoms with Gasteiger partial charge >= 0.3 is 0 Å². The topological polar surface area (TPSA) is 53.0 Å². The Balaban J connectivity index is 4.26. The fourth-order valence-corrected chi connectivity index (χ4v) is 1.07. The average molecular weight is 252 g/mol. The molecule has 10 heavy (non-hydrogen) atoms. The largest absolute Gasteiger partial charge is 0.380 e. The molecule has 56 valence electrons. The summed E-state index contributed by atoms with van der Waals surface area (Å²) in [7, 11) is 0. The van der Waals surface area contributed by atoms with Crippen molar-refractivity contribution < 1.29 is 4.79 Å². The first-order valence-electron chi connectivity index (χ1n) is 2.85. The molecule has 0 saturated heterocycles. The van der Waals surface area contributed by atoms with E-state index in [1.807, 2.05) is 29.5 Å². The number of carbonyl (C=O) groups is 1. The lowest BCUT2D eigenvalue weighted by Crippen LogP contribution is -2.10. The second kappa shape index (κ2) is 5.40. The maximum atomic E-state index is 10.2. The molecule has 0 aromatic heterocycles. The van der Waals surface area contributed by atoms with E-state index in [1.54, 1.807) is 0 Å². The summed E-state index contributed by atoms with van der Waals surface area (Å²) >= 11 is 1.99. The van der Waals surface area contributed by atoms with Crippen LogP contribution in [0.5, 0.6) is 0 Å². The number of allylic oxidation sites excluding steroid dienone is 1. The van der Waals surface area contributed by atoms with Gasteiger partial charge in [-0.3, -0.25) is 4.79 Å². The van der Waals surface area contributed by atoms with Crippen LogP contribution < -0.4 is 5.32 Å². The number of nitrogens with one attached hydrogen (secondary N) is 2. The van der Waals surface area contributed by atoms with Crippen molar-refractivity contribution >= 4 is 35.1 Å². The van der Waals surface area contributed by atoms with Crippen molar-refractivity contribution in [1.29, 1.82) is 5.41 Å². The molecule has 0 rings (SSSR count). The highest BCUT2D eigenvalue weighted by Crippen LogP contribution is 2.04. The van der Waals surface area contributed by atoms with E-state index in [9.17, 15) is 4.79 Å². The Bertz CT molecular complexity index is 155. The number of hydrogen-bond acceptors (Lipinski definition) is 3. The highest BCUT2D eigenvalue weighted by atomic mass is 127. The van der Waals surface area contributed by atoms with Gasteiger partial charge in [-0.15, -0.1) is 0 Å². The van der Waals surface area contributed by atoms with Crippen molar-refractivity contribution in [3.8, 4) is 0 Å². The summed E-state index contributed by atoms with van der Waals surface area (Å²) < 4.78 is 0.727. The van der Waals surface area contributed by atoms with Gasteiger partial charge in [-0.05, 0) is 29.5 Å². The fraction of sp³-hybridized carbons (Fsp3) is 0.333. The van der Waals surface area contributed by atoms with E-state index in [2.05, 4.69) is 5.32 Å². The molecule has 0 aromatic rings. The van der Waals surface area contributed by atoms with Gasteiger partial charge in [-0.25, -0.2) is 0 Å². The Morgan fingerprint density at radius 1 is 1.80 bits per heavy atom. The zero-order chi connectivity index (χ0) is 7.98. The third-order valence-electron chi connectivity index (χ3n) is 0.868. The minimum Gasteiger partial charge on any atom is -0.380 e. The summed E-state index contributed by atoms with van der Waals surface area (Å²) in [5, 5.41) is 9.74. The maximum Gasteiger partial charge on any atom is 0.154 e. The normalized spacial score (nSPS) is 11.8. The van der Waals surface area contributed by atoms with E-state index < -0.39 is 0 Å². The molecule has 2 N–H and O–H groups in total. The highest BCUT2D eigenvalue weighted by molar-refractivity contribution is 14.1. The van der Waals surface area contributed by atoms with E-state index in [4.69, 9.17) is 5.41 Å². The molecule has 0 aliphatic carbocycles. The Morgan fingerprint density at radius 2 is 2.40 bits per heavy atom. The van der Waals surface area contributed by atoms with E-state index in [0.29, 0.717) is 11.9 Å². The predicted molar refractivity (Wildman–Crippen MR) is 49.6 cm³/mol. The van der Waals surface area contributed by atoms with Crippen LogP contribution in [0.3, 0.4) is 0 Å². The van der Waals surface area contributed by atoms with Crippen molar-refractivity contribution in [2.24, 2.45) is 0 Å². The van der Waals surface area contributed by atoms with Gasteiger partial charge < -0.3 is 10.7 Å². The van der Waals surface area contributed by atoms with Crippen LogP contribution in [-0.2, 0) is 4.79 Å². The Labute approximate surface area is 73.5 Å². The molecule has 0 spiro atoms. The lowest BCUT2D eigenvalue weighted by Gasteiger charge is -2.00. The van der Waals surface area contributed by atoms with E-state index in [-0.39, 0.29) is 0 Å². The van der Waals surface area contributed by atoms with Crippen molar-refractivity contribution in [1.82, 2.24) is 5.32 Å². The first kappa shape index (κ1) is 9.61. The van der Waals surface area contributed by atoms with Crippen LogP contribution in [0.1, 0.15) is 6.92 Å². The monoisotopic (exact) mass is 252 g/mol. The molecule has 0 bridgehead atoms. The molecular weight excluding hydrogens is 243 g/mol. The van der Waals surface area contributed by atoms with E-state index in [0.717, 1.165) is 16.5 Å². The second-order valence-corrected chi connectivity index (χ2v) is 2.64. The quantitative estimate of drug-likeness (QED) is 0.259. The van der Waals surface area contributed by atoms with Gasteiger partial charge in [-0.2, -0.15) is 0 Å². The standard InChI is InChI=1S/C6H9IN2O/c1-2-9-6(7)5(3-8)4-10/h3-4,8-9H,2H2,1H3/b6-5+,8-3?. The molecule has 0 radical (unpaired) electrons. The van der Waals surface area contributed by atoms with E-state index in [1.165, 1.54) is 0 Å². The molecular formula is C6H9IN2O. The number of carbonyl (C=O) groups excluding carboxylic acids is 1. The van der Waals surface area contributed by atoms with Gasteiger partial charge in [0.25, 0.3) is 0 Å². The average Bonchev–Trinajstić information content (AvgIpc) is 1.91. The smallest absolute Gasteiger partial charge is 0.154 e. The summed E-state index contributed by atoms with van der Waals surface area (Å²) in [6.07, 6.45) is 1.70. The van der Waals surface area contributed by atoms with Crippen LogP contribution >= 0.6 is 22.6 Å². The summed E-state index contributed by atoms with van der Waals surface area (Å²) in [6, 6.07) is 0. The molecule has 0 aliphatic rings. The van der Waals surface area contributed by atoms with Crippen LogP contribution in [0.2, 0.25) is 0 Å².